The minimum Gasteiger partial charge on any atom is -0.385 e. The van der Waals surface area contributed by atoms with Crippen LogP contribution in [0.5, 0.6) is 0 Å². The largest absolute Gasteiger partial charge is 0.385 e. The van der Waals surface area contributed by atoms with Crippen molar-refractivity contribution in [1.82, 2.24) is 10.1 Å². The maximum atomic E-state index is 9.75. The van der Waals surface area contributed by atoms with Gasteiger partial charge in [0.1, 0.15) is 6.10 Å². The fraction of sp³-hybridized carbons (Fsp3) is 0.500. The summed E-state index contributed by atoms with van der Waals surface area (Å²) in [6, 6.07) is 4.04. The molecule has 92 valence electrons. The van der Waals surface area contributed by atoms with Crippen molar-refractivity contribution in [3.05, 3.63) is 22.8 Å². The second kappa shape index (κ2) is 5.42. The van der Waals surface area contributed by atoms with Crippen molar-refractivity contribution in [2.45, 2.75) is 39.2 Å². The van der Waals surface area contributed by atoms with Crippen LogP contribution in [0.2, 0.25) is 0 Å². The first-order valence-electron chi connectivity index (χ1n) is 5.85. The lowest BCUT2D eigenvalue weighted by atomic mass is 10.2. The summed E-state index contributed by atoms with van der Waals surface area (Å²) in [6.45, 7) is 4.12. The van der Waals surface area contributed by atoms with Crippen LogP contribution in [-0.4, -0.2) is 15.2 Å². The first-order valence-corrected chi connectivity index (χ1v) is 6.67. The van der Waals surface area contributed by atoms with Gasteiger partial charge in [-0.3, -0.25) is 0 Å². The number of nitrogens with zero attached hydrogens (tertiary/aromatic N) is 2. The first-order chi connectivity index (χ1) is 8.24. The number of aryl methyl sites for hydroxylation is 1. The maximum Gasteiger partial charge on any atom is 0.268 e. The van der Waals surface area contributed by atoms with Gasteiger partial charge in [-0.05, 0) is 25.0 Å². The highest BCUT2D eigenvalue weighted by molar-refractivity contribution is 7.15. The number of aliphatic hydroxyl groups excluding tert-OH is 1. The minimum absolute atomic E-state index is 0.383. The van der Waals surface area contributed by atoms with E-state index >= 15 is 0 Å². The molecule has 0 fully saturated rings. The highest BCUT2D eigenvalue weighted by atomic mass is 32.1. The first kappa shape index (κ1) is 12.3. The van der Waals surface area contributed by atoms with Gasteiger partial charge in [-0.2, -0.15) is 4.98 Å². The predicted molar refractivity (Wildman–Crippen MR) is 66.9 cm³/mol. The van der Waals surface area contributed by atoms with Crippen LogP contribution < -0.4 is 0 Å². The Morgan fingerprint density at radius 3 is 2.88 bits per heavy atom. The molecule has 4 nitrogen and oxygen atoms in total. The molecule has 1 unspecified atom stereocenters. The molecule has 17 heavy (non-hydrogen) atoms. The smallest absolute Gasteiger partial charge is 0.268 e. The molecule has 0 aliphatic heterocycles. The van der Waals surface area contributed by atoms with E-state index < -0.39 is 6.10 Å². The predicted octanol–water partition coefficient (Wildman–Crippen LogP) is 3.19. The quantitative estimate of drug-likeness (QED) is 0.887. The van der Waals surface area contributed by atoms with Gasteiger partial charge in [0.15, 0.2) is 0 Å². The van der Waals surface area contributed by atoms with Crippen molar-refractivity contribution >= 4 is 11.3 Å². The summed E-state index contributed by atoms with van der Waals surface area (Å²) in [6.07, 6.45) is 1.93. The molecule has 0 spiro atoms. The van der Waals surface area contributed by atoms with E-state index in [1.165, 1.54) is 4.88 Å². The topological polar surface area (TPSA) is 59.2 Å². The van der Waals surface area contributed by atoms with Crippen molar-refractivity contribution in [1.29, 1.82) is 0 Å². The van der Waals surface area contributed by atoms with E-state index in [0.717, 1.165) is 17.7 Å². The molecular formula is C12H16N2O2S. The molecule has 1 N–H and O–H groups in total. The summed E-state index contributed by atoms with van der Waals surface area (Å²) in [5, 5.41) is 13.6. The molecule has 0 amide bonds. The zero-order chi connectivity index (χ0) is 12.3. The van der Waals surface area contributed by atoms with E-state index in [-0.39, 0.29) is 0 Å². The van der Waals surface area contributed by atoms with Gasteiger partial charge >= 0.3 is 0 Å². The lowest BCUT2D eigenvalue weighted by Gasteiger charge is -2.00. The van der Waals surface area contributed by atoms with Crippen LogP contribution in [0.1, 0.15) is 43.5 Å². The Labute approximate surface area is 104 Å². The molecule has 2 rings (SSSR count). The lowest BCUT2D eigenvalue weighted by Crippen LogP contribution is -1.98. The van der Waals surface area contributed by atoms with Crippen LogP contribution in [0.4, 0.5) is 0 Å². The Bertz CT molecular complexity index is 478. The summed E-state index contributed by atoms with van der Waals surface area (Å²) < 4.78 is 5.17. The molecule has 2 aromatic rings. The van der Waals surface area contributed by atoms with Gasteiger partial charge in [-0.1, -0.05) is 25.4 Å². The summed E-state index contributed by atoms with van der Waals surface area (Å²) >= 11 is 1.65. The molecule has 5 heteroatoms. The van der Waals surface area contributed by atoms with Crippen LogP contribution in [0.25, 0.3) is 10.8 Å². The molecule has 0 radical (unpaired) electrons. The molecule has 0 aliphatic rings. The van der Waals surface area contributed by atoms with Gasteiger partial charge in [-0.25, -0.2) is 0 Å². The summed E-state index contributed by atoms with van der Waals surface area (Å²) in [7, 11) is 0. The van der Waals surface area contributed by atoms with E-state index in [4.69, 9.17) is 4.52 Å². The Hall–Kier alpha value is -1.20. The number of hydrogen-bond acceptors (Lipinski definition) is 5. The van der Waals surface area contributed by atoms with Crippen molar-refractivity contribution < 1.29 is 9.63 Å². The van der Waals surface area contributed by atoms with Crippen molar-refractivity contribution in [3.8, 4) is 10.8 Å². The number of aliphatic hydroxyl groups is 1. The van der Waals surface area contributed by atoms with E-state index in [2.05, 4.69) is 23.1 Å². The number of rotatable bonds is 5. The van der Waals surface area contributed by atoms with Gasteiger partial charge in [0.05, 0.1) is 4.88 Å². The van der Waals surface area contributed by atoms with E-state index in [9.17, 15) is 5.11 Å². The third-order valence-electron chi connectivity index (χ3n) is 2.52. The van der Waals surface area contributed by atoms with Crippen LogP contribution in [0.15, 0.2) is 16.7 Å². The number of aromatic nitrogens is 2. The van der Waals surface area contributed by atoms with E-state index in [1.54, 1.807) is 11.3 Å². The van der Waals surface area contributed by atoms with Crippen LogP contribution >= 0.6 is 11.3 Å². The number of thiophene rings is 1. The van der Waals surface area contributed by atoms with Crippen molar-refractivity contribution in [2.24, 2.45) is 0 Å². The van der Waals surface area contributed by atoms with Crippen LogP contribution in [0, 0.1) is 0 Å². The molecule has 0 aliphatic carbocycles. The molecule has 0 saturated heterocycles. The monoisotopic (exact) mass is 252 g/mol. The zero-order valence-corrected chi connectivity index (χ0v) is 10.8. The molecule has 2 heterocycles. The van der Waals surface area contributed by atoms with Crippen LogP contribution in [0.3, 0.4) is 0 Å². The van der Waals surface area contributed by atoms with Gasteiger partial charge < -0.3 is 9.63 Å². The lowest BCUT2D eigenvalue weighted by molar-refractivity contribution is 0.153. The minimum atomic E-state index is -0.622. The van der Waals surface area contributed by atoms with Gasteiger partial charge in [0, 0.05) is 4.88 Å². The molecule has 1 atom stereocenters. The Balaban J connectivity index is 2.17. The second-order valence-corrected chi connectivity index (χ2v) is 5.05. The average Bonchev–Trinajstić information content (AvgIpc) is 2.98. The Morgan fingerprint density at radius 2 is 2.24 bits per heavy atom. The van der Waals surface area contributed by atoms with E-state index in [1.807, 2.05) is 13.0 Å². The Morgan fingerprint density at radius 1 is 1.41 bits per heavy atom. The fourth-order valence-corrected chi connectivity index (χ4v) is 2.42. The maximum absolute atomic E-state index is 9.75. The molecular weight excluding hydrogens is 236 g/mol. The third kappa shape index (κ3) is 2.73. The molecule has 2 aromatic heterocycles. The van der Waals surface area contributed by atoms with E-state index in [0.29, 0.717) is 18.1 Å². The molecule has 0 aromatic carbocycles. The molecule has 0 bridgehead atoms. The normalized spacial score (nSPS) is 12.9. The highest BCUT2D eigenvalue weighted by Crippen LogP contribution is 2.28. The van der Waals surface area contributed by atoms with Crippen molar-refractivity contribution in [2.75, 3.05) is 0 Å². The Kier molecular flexibility index (Phi) is 3.91. The SMILES string of the molecule is CCCC(O)c1noc(-c2ccc(CC)s2)n1. The average molecular weight is 252 g/mol. The standard InChI is InChI=1S/C12H16N2O2S/c1-3-5-9(15)11-13-12(16-14-11)10-7-6-8(4-2)17-10/h6-7,9,15H,3-5H2,1-2H3. The fourth-order valence-electron chi connectivity index (χ4n) is 1.56. The summed E-state index contributed by atoms with van der Waals surface area (Å²) in [5.41, 5.74) is 0. The van der Waals surface area contributed by atoms with Crippen molar-refractivity contribution in [3.63, 3.8) is 0 Å². The second-order valence-electron chi connectivity index (χ2n) is 3.88. The van der Waals surface area contributed by atoms with Crippen LogP contribution in [-0.2, 0) is 6.42 Å². The zero-order valence-electron chi connectivity index (χ0n) is 10.0. The summed E-state index contributed by atoms with van der Waals surface area (Å²) in [4.78, 5) is 6.48. The number of hydrogen-bond donors (Lipinski definition) is 1. The van der Waals surface area contributed by atoms with Gasteiger partial charge in [0.2, 0.25) is 5.82 Å². The summed E-state index contributed by atoms with van der Waals surface area (Å²) in [5.74, 6) is 0.883. The third-order valence-corrected chi connectivity index (χ3v) is 3.74. The van der Waals surface area contributed by atoms with Gasteiger partial charge in [0.25, 0.3) is 5.89 Å². The van der Waals surface area contributed by atoms with Gasteiger partial charge in [-0.15, -0.1) is 11.3 Å². The highest BCUT2D eigenvalue weighted by Gasteiger charge is 2.16. The molecule has 0 saturated carbocycles.